The van der Waals surface area contributed by atoms with Gasteiger partial charge in [-0.25, -0.2) is 0 Å². The Bertz CT molecular complexity index is 235. The summed E-state index contributed by atoms with van der Waals surface area (Å²) >= 11 is 0. The van der Waals surface area contributed by atoms with Crippen molar-refractivity contribution in [2.24, 2.45) is 11.3 Å². The first kappa shape index (κ1) is 11.4. The zero-order valence-electron chi connectivity index (χ0n) is 9.43. The van der Waals surface area contributed by atoms with Gasteiger partial charge < -0.3 is 0 Å². The topological polar surface area (TPSA) is 34.1 Å². The van der Waals surface area contributed by atoms with Crippen LogP contribution in [-0.4, -0.2) is 11.6 Å². The van der Waals surface area contributed by atoms with Gasteiger partial charge in [0, 0.05) is 25.2 Å². The highest BCUT2D eigenvalue weighted by molar-refractivity contribution is 5.89. The predicted molar refractivity (Wildman–Crippen MR) is 56.0 cm³/mol. The fraction of sp³-hybridized carbons (Fsp3) is 0.833. The standard InChI is InChI=1S/C12H20O2/c1-12(2,3)8-11(14)9-5-4-6-10(13)7-9/h9H,4-8H2,1-3H3. The average molecular weight is 196 g/mol. The molecule has 0 amide bonds. The lowest BCUT2D eigenvalue weighted by Gasteiger charge is -2.24. The van der Waals surface area contributed by atoms with Gasteiger partial charge in [-0.1, -0.05) is 20.8 Å². The Kier molecular flexibility index (Phi) is 3.46. The van der Waals surface area contributed by atoms with Gasteiger partial charge in [0.05, 0.1) is 0 Å². The van der Waals surface area contributed by atoms with Gasteiger partial charge in [0.15, 0.2) is 0 Å². The van der Waals surface area contributed by atoms with Gasteiger partial charge in [-0.15, -0.1) is 0 Å². The molecule has 0 aliphatic heterocycles. The molecule has 1 aliphatic rings. The van der Waals surface area contributed by atoms with Gasteiger partial charge in [0.1, 0.15) is 11.6 Å². The second kappa shape index (κ2) is 4.24. The van der Waals surface area contributed by atoms with Gasteiger partial charge in [0.25, 0.3) is 0 Å². The number of Topliss-reactive ketones (excluding diaryl/α,β-unsaturated/α-hetero) is 2. The molecule has 1 unspecified atom stereocenters. The van der Waals surface area contributed by atoms with Crippen LogP contribution in [0.15, 0.2) is 0 Å². The largest absolute Gasteiger partial charge is 0.300 e. The lowest BCUT2D eigenvalue weighted by molar-refractivity contribution is -0.131. The van der Waals surface area contributed by atoms with Crippen LogP contribution in [0.25, 0.3) is 0 Å². The van der Waals surface area contributed by atoms with Crippen molar-refractivity contribution < 1.29 is 9.59 Å². The molecule has 0 bridgehead atoms. The second-order valence-electron chi connectivity index (χ2n) is 5.54. The molecule has 1 fully saturated rings. The number of carbonyl (C=O) groups excluding carboxylic acids is 2. The fourth-order valence-corrected chi connectivity index (χ4v) is 1.97. The highest BCUT2D eigenvalue weighted by Gasteiger charge is 2.28. The summed E-state index contributed by atoms with van der Waals surface area (Å²) in [5, 5.41) is 0. The minimum absolute atomic E-state index is 0.0236. The molecule has 0 saturated heterocycles. The molecular formula is C12H20O2. The zero-order valence-corrected chi connectivity index (χ0v) is 9.43. The first-order chi connectivity index (χ1) is 6.38. The summed E-state index contributed by atoms with van der Waals surface area (Å²) in [6.07, 6.45) is 3.60. The molecule has 14 heavy (non-hydrogen) atoms. The second-order valence-corrected chi connectivity index (χ2v) is 5.54. The molecule has 0 N–H and O–H groups in total. The third kappa shape index (κ3) is 3.60. The van der Waals surface area contributed by atoms with Crippen LogP contribution in [0, 0.1) is 11.3 Å². The van der Waals surface area contributed by atoms with E-state index in [4.69, 9.17) is 0 Å². The van der Waals surface area contributed by atoms with Crippen LogP contribution in [0.1, 0.15) is 52.9 Å². The minimum Gasteiger partial charge on any atom is -0.300 e. The molecule has 1 atom stereocenters. The van der Waals surface area contributed by atoms with Crippen LogP contribution < -0.4 is 0 Å². The van der Waals surface area contributed by atoms with E-state index < -0.39 is 0 Å². The molecule has 0 heterocycles. The normalized spacial score (nSPS) is 23.6. The van der Waals surface area contributed by atoms with Crippen LogP contribution in [0.2, 0.25) is 0 Å². The lowest BCUT2D eigenvalue weighted by Crippen LogP contribution is -2.26. The monoisotopic (exact) mass is 196 g/mol. The highest BCUT2D eigenvalue weighted by atomic mass is 16.1. The predicted octanol–water partition coefficient (Wildman–Crippen LogP) is 2.75. The van der Waals surface area contributed by atoms with Gasteiger partial charge in [-0.2, -0.15) is 0 Å². The summed E-state index contributed by atoms with van der Waals surface area (Å²) in [5.41, 5.74) is 0.0532. The van der Waals surface area contributed by atoms with Gasteiger partial charge >= 0.3 is 0 Å². The Morgan fingerprint density at radius 2 is 2.07 bits per heavy atom. The Morgan fingerprint density at radius 1 is 1.43 bits per heavy atom. The first-order valence-corrected chi connectivity index (χ1v) is 5.43. The quantitative estimate of drug-likeness (QED) is 0.680. The molecule has 1 aliphatic carbocycles. The van der Waals surface area contributed by atoms with Crippen molar-refractivity contribution in [2.75, 3.05) is 0 Å². The summed E-state index contributed by atoms with van der Waals surface area (Å²) < 4.78 is 0. The number of hydrogen-bond acceptors (Lipinski definition) is 2. The average Bonchev–Trinajstić information content (AvgIpc) is 2.01. The van der Waals surface area contributed by atoms with Crippen molar-refractivity contribution in [1.82, 2.24) is 0 Å². The van der Waals surface area contributed by atoms with Crippen LogP contribution in [0.5, 0.6) is 0 Å². The molecule has 1 saturated carbocycles. The Labute approximate surface area is 86.1 Å². The smallest absolute Gasteiger partial charge is 0.136 e. The van der Waals surface area contributed by atoms with E-state index in [0.717, 1.165) is 12.8 Å². The maximum Gasteiger partial charge on any atom is 0.136 e. The third-order valence-corrected chi connectivity index (χ3v) is 2.64. The van der Waals surface area contributed by atoms with E-state index in [1.54, 1.807) is 0 Å². The van der Waals surface area contributed by atoms with E-state index in [2.05, 4.69) is 20.8 Å². The number of carbonyl (C=O) groups is 2. The van der Waals surface area contributed by atoms with Crippen LogP contribution >= 0.6 is 0 Å². The van der Waals surface area contributed by atoms with Crippen LogP contribution in [-0.2, 0) is 9.59 Å². The van der Waals surface area contributed by atoms with Crippen LogP contribution in [0.4, 0.5) is 0 Å². The van der Waals surface area contributed by atoms with Crippen molar-refractivity contribution in [3.8, 4) is 0 Å². The molecule has 1 rings (SSSR count). The maximum atomic E-state index is 11.8. The van der Waals surface area contributed by atoms with E-state index in [1.807, 2.05) is 0 Å². The van der Waals surface area contributed by atoms with E-state index >= 15 is 0 Å². The Balaban J connectivity index is 2.48. The third-order valence-electron chi connectivity index (χ3n) is 2.64. The van der Waals surface area contributed by atoms with Gasteiger partial charge in [-0.3, -0.25) is 9.59 Å². The molecule has 0 spiro atoms. The molecule has 0 radical (unpaired) electrons. The van der Waals surface area contributed by atoms with E-state index in [0.29, 0.717) is 19.3 Å². The number of rotatable bonds is 2. The van der Waals surface area contributed by atoms with E-state index in [1.165, 1.54) is 0 Å². The molecule has 2 heteroatoms. The van der Waals surface area contributed by atoms with Crippen molar-refractivity contribution in [3.05, 3.63) is 0 Å². The number of ketones is 2. The van der Waals surface area contributed by atoms with Gasteiger partial charge in [0.2, 0.25) is 0 Å². The molecule has 0 aromatic carbocycles. The van der Waals surface area contributed by atoms with Crippen molar-refractivity contribution >= 4 is 11.6 Å². The van der Waals surface area contributed by atoms with Crippen molar-refractivity contribution in [1.29, 1.82) is 0 Å². The summed E-state index contributed by atoms with van der Waals surface area (Å²) in [7, 11) is 0. The van der Waals surface area contributed by atoms with Crippen LogP contribution in [0.3, 0.4) is 0 Å². The van der Waals surface area contributed by atoms with E-state index in [9.17, 15) is 9.59 Å². The SMILES string of the molecule is CC(C)(C)CC(=O)C1CCCC(=O)C1. The van der Waals surface area contributed by atoms with Gasteiger partial charge in [-0.05, 0) is 18.3 Å². The fourth-order valence-electron chi connectivity index (χ4n) is 1.97. The Morgan fingerprint density at radius 3 is 2.57 bits per heavy atom. The molecular weight excluding hydrogens is 176 g/mol. The molecule has 0 aromatic rings. The molecule has 2 nitrogen and oxygen atoms in total. The van der Waals surface area contributed by atoms with E-state index in [-0.39, 0.29) is 22.9 Å². The molecule has 80 valence electrons. The molecule has 0 aromatic heterocycles. The summed E-state index contributed by atoms with van der Waals surface area (Å²) in [6.45, 7) is 6.20. The maximum absolute atomic E-state index is 11.8. The Hall–Kier alpha value is -0.660. The minimum atomic E-state index is 0.0236. The number of hydrogen-bond donors (Lipinski definition) is 0. The zero-order chi connectivity index (χ0) is 10.8. The first-order valence-electron chi connectivity index (χ1n) is 5.43. The lowest BCUT2D eigenvalue weighted by atomic mass is 9.79. The highest BCUT2D eigenvalue weighted by Crippen LogP contribution is 2.28. The summed E-state index contributed by atoms with van der Waals surface area (Å²) in [4.78, 5) is 23.0. The summed E-state index contributed by atoms with van der Waals surface area (Å²) in [6, 6.07) is 0. The summed E-state index contributed by atoms with van der Waals surface area (Å²) in [5.74, 6) is 0.574. The van der Waals surface area contributed by atoms with Crippen molar-refractivity contribution in [2.45, 2.75) is 52.9 Å². The van der Waals surface area contributed by atoms with Crippen molar-refractivity contribution in [3.63, 3.8) is 0 Å².